The van der Waals surface area contributed by atoms with Gasteiger partial charge in [-0.05, 0) is 37.1 Å². The highest BCUT2D eigenvalue weighted by Gasteiger charge is 2.21. The fraction of sp³-hybridized carbons (Fsp3) is 0.375. The summed E-state index contributed by atoms with van der Waals surface area (Å²) < 4.78 is 11.4. The predicted molar refractivity (Wildman–Crippen MR) is 88.5 cm³/mol. The Morgan fingerprint density at radius 2 is 1.76 bits per heavy atom. The van der Waals surface area contributed by atoms with Crippen LogP contribution in [-0.2, 0) is 0 Å². The maximum absolute atomic E-state index is 6.64. The molecule has 2 heterocycles. The summed E-state index contributed by atoms with van der Waals surface area (Å²) in [6.45, 7) is 5.49. The topological polar surface area (TPSA) is 18.5 Å². The number of hydrogen-bond donors (Lipinski definition) is 0. The fourth-order valence-electron chi connectivity index (χ4n) is 2.27. The summed E-state index contributed by atoms with van der Waals surface area (Å²) in [6.07, 6.45) is 0.870. The van der Waals surface area contributed by atoms with Crippen LogP contribution < -0.4 is 9.47 Å². The predicted octanol–water partition coefficient (Wildman–Crippen LogP) is 5.51. The van der Waals surface area contributed by atoms with Gasteiger partial charge in [0.2, 0.25) is 0 Å². The highest BCUT2D eigenvalue weighted by atomic mass is 35.5. The molecule has 2 aromatic rings. The van der Waals surface area contributed by atoms with E-state index >= 15 is 0 Å². The van der Waals surface area contributed by atoms with Crippen LogP contribution in [0.3, 0.4) is 0 Å². The second-order valence-electron chi connectivity index (χ2n) is 5.12. The Labute approximate surface area is 138 Å². The van der Waals surface area contributed by atoms with Crippen molar-refractivity contribution in [3.63, 3.8) is 0 Å². The van der Waals surface area contributed by atoms with Crippen LogP contribution in [0.15, 0.2) is 18.2 Å². The number of benzene rings is 1. The third-order valence-electron chi connectivity index (χ3n) is 3.57. The quantitative estimate of drug-likeness (QED) is 0.670. The lowest BCUT2D eigenvalue weighted by Gasteiger charge is -2.14. The number of fused-ring (bicyclic) bond motifs is 1. The maximum Gasteiger partial charge on any atom is 0.162 e. The van der Waals surface area contributed by atoms with Gasteiger partial charge in [0.15, 0.2) is 11.5 Å². The largest absolute Gasteiger partial charge is 0.490 e. The number of aryl methyl sites for hydroxylation is 2. The number of thiophene rings is 1. The second-order valence-corrected chi connectivity index (χ2v) is 7.25. The Bertz CT molecular complexity index is 647. The normalized spacial score (nSPS) is 15.6. The van der Waals surface area contributed by atoms with Gasteiger partial charge in [-0.2, -0.15) is 0 Å². The number of ether oxygens (including phenoxy) is 2. The molecule has 21 heavy (non-hydrogen) atoms. The summed E-state index contributed by atoms with van der Waals surface area (Å²) in [5.74, 6) is 1.42. The minimum Gasteiger partial charge on any atom is -0.490 e. The molecule has 1 atom stereocenters. The Balaban J connectivity index is 1.99. The van der Waals surface area contributed by atoms with Crippen LogP contribution in [0.5, 0.6) is 11.5 Å². The summed E-state index contributed by atoms with van der Waals surface area (Å²) >= 11 is 14.7. The minimum absolute atomic E-state index is 0.271. The van der Waals surface area contributed by atoms with Gasteiger partial charge in [-0.15, -0.1) is 22.9 Å². The van der Waals surface area contributed by atoms with E-state index in [2.05, 4.69) is 19.9 Å². The van der Waals surface area contributed by atoms with E-state index in [1.54, 1.807) is 17.4 Å². The molecule has 1 aromatic carbocycles. The molecule has 1 unspecified atom stereocenters. The molecule has 2 nitrogen and oxygen atoms in total. The van der Waals surface area contributed by atoms with Crippen molar-refractivity contribution in [3.05, 3.63) is 44.1 Å². The van der Waals surface area contributed by atoms with Crippen molar-refractivity contribution >= 4 is 34.5 Å². The molecule has 112 valence electrons. The molecule has 1 aliphatic rings. The minimum atomic E-state index is -0.271. The monoisotopic (exact) mass is 342 g/mol. The van der Waals surface area contributed by atoms with Crippen molar-refractivity contribution < 1.29 is 9.47 Å². The third-order valence-corrected chi connectivity index (χ3v) is 5.72. The molecular formula is C16H16Cl2O2S. The van der Waals surface area contributed by atoms with E-state index in [1.807, 2.05) is 6.07 Å². The molecule has 0 aliphatic carbocycles. The molecule has 5 heteroatoms. The summed E-state index contributed by atoms with van der Waals surface area (Å²) in [6, 6.07) is 5.84. The first kappa shape index (κ1) is 15.0. The Kier molecular flexibility index (Phi) is 4.34. The zero-order chi connectivity index (χ0) is 15.0. The molecular weight excluding hydrogens is 327 g/mol. The van der Waals surface area contributed by atoms with Crippen LogP contribution in [0.4, 0.5) is 0 Å². The van der Waals surface area contributed by atoms with E-state index in [0.717, 1.165) is 22.6 Å². The molecule has 1 aliphatic heterocycles. The molecule has 0 spiro atoms. The van der Waals surface area contributed by atoms with Crippen LogP contribution >= 0.6 is 34.5 Å². The standard InChI is InChI=1S/C16H16Cl2O2S/c1-9-6-15(21-10(9)2)16(18)11-7-13-14(8-12(11)17)20-5-3-4-19-13/h6-8,16H,3-5H2,1-2H3. The van der Waals surface area contributed by atoms with Gasteiger partial charge in [0, 0.05) is 27.3 Å². The number of hydrogen-bond acceptors (Lipinski definition) is 3. The van der Waals surface area contributed by atoms with Gasteiger partial charge in [0.25, 0.3) is 0 Å². The van der Waals surface area contributed by atoms with Gasteiger partial charge < -0.3 is 9.47 Å². The van der Waals surface area contributed by atoms with Crippen molar-refractivity contribution in [2.24, 2.45) is 0 Å². The molecule has 0 radical (unpaired) electrons. The summed E-state index contributed by atoms with van der Waals surface area (Å²) in [7, 11) is 0. The molecule has 0 amide bonds. The van der Waals surface area contributed by atoms with Crippen molar-refractivity contribution in [2.75, 3.05) is 13.2 Å². The number of alkyl halides is 1. The van der Waals surface area contributed by atoms with Crippen molar-refractivity contribution in [2.45, 2.75) is 25.6 Å². The Hall–Kier alpha value is -0.900. The summed E-state index contributed by atoms with van der Waals surface area (Å²) in [5, 5.41) is 0.343. The molecule has 0 saturated heterocycles. The van der Waals surface area contributed by atoms with Crippen molar-refractivity contribution in [3.8, 4) is 11.5 Å². The van der Waals surface area contributed by atoms with Crippen LogP contribution in [0.25, 0.3) is 0 Å². The SMILES string of the molecule is Cc1cc(C(Cl)c2cc3c(cc2Cl)OCCCO3)sc1C. The van der Waals surface area contributed by atoms with Gasteiger partial charge in [-0.1, -0.05) is 11.6 Å². The second kappa shape index (κ2) is 6.07. The van der Waals surface area contributed by atoms with E-state index in [9.17, 15) is 0 Å². The zero-order valence-corrected chi connectivity index (χ0v) is 14.2. The van der Waals surface area contributed by atoms with E-state index in [4.69, 9.17) is 32.7 Å². The molecule has 0 bridgehead atoms. The molecule has 0 fully saturated rings. The Morgan fingerprint density at radius 3 is 2.38 bits per heavy atom. The highest BCUT2D eigenvalue weighted by molar-refractivity contribution is 7.12. The van der Waals surface area contributed by atoms with E-state index in [1.165, 1.54) is 10.4 Å². The van der Waals surface area contributed by atoms with Crippen LogP contribution in [0.1, 0.15) is 32.7 Å². The van der Waals surface area contributed by atoms with E-state index < -0.39 is 0 Å². The molecule has 3 rings (SSSR count). The average molecular weight is 343 g/mol. The van der Waals surface area contributed by atoms with Gasteiger partial charge in [0.1, 0.15) is 0 Å². The third kappa shape index (κ3) is 3.01. The molecule has 1 aromatic heterocycles. The Morgan fingerprint density at radius 1 is 1.10 bits per heavy atom. The van der Waals surface area contributed by atoms with E-state index in [-0.39, 0.29) is 5.38 Å². The number of halogens is 2. The first-order valence-corrected chi connectivity index (χ1v) is 8.49. The smallest absolute Gasteiger partial charge is 0.162 e. The average Bonchev–Trinajstić information content (AvgIpc) is 2.66. The number of rotatable bonds is 2. The highest BCUT2D eigenvalue weighted by Crippen LogP contribution is 2.43. The molecule has 0 saturated carbocycles. The van der Waals surface area contributed by atoms with Crippen LogP contribution in [0, 0.1) is 13.8 Å². The van der Waals surface area contributed by atoms with E-state index in [0.29, 0.717) is 24.0 Å². The lowest BCUT2D eigenvalue weighted by molar-refractivity contribution is 0.297. The lowest BCUT2D eigenvalue weighted by Crippen LogP contribution is -1.97. The van der Waals surface area contributed by atoms with Gasteiger partial charge in [-0.3, -0.25) is 0 Å². The van der Waals surface area contributed by atoms with Crippen LogP contribution in [-0.4, -0.2) is 13.2 Å². The molecule has 0 N–H and O–H groups in total. The van der Waals surface area contributed by atoms with Gasteiger partial charge in [-0.25, -0.2) is 0 Å². The van der Waals surface area contributed by atoms with Crippen molar-refractivity contribution in [1.82, 2.24) is 0 Å². The summed E-state index contributed by atoms with van der Waals surface area (Å²) in [4.78, 5) is 2.38. The zero-order valence-electron chi connectivity index (χ0n) is 11.9. The lowest BCUT2D eigenvalue weighted by atomic mass is 10.1. The van der Waals surface area contributed by atoms with Gasteiger partial charge >= 0.3 is 0 Å². The van der Waals surface area contributed by atoms with Crippen molar-refractivity contribution in [1.29, 1.82) is 0 Å². The first-order chi connectivity index (χ1) is 10.1. The fourth-order valence-corrected chi connectivity index (χ4v) is 4.01. The maximum atomic E-state index is 6.64. The van der Waals surface area contributed by atoms with Crippen LogP contribution in [0.2, 0.25) is 5.02 Å². The van der Waals surface area contributed by atoms with Gasteiger partial charge in [0.05, 0.1) is 18.6 Å². The summed E-state index contributed by atoms with van der Waals surface area (Å²) in [5.41, 5.74) is 2.12. The first-order valence-electron chi connectivity index (χ1n) is 6.86.